The second-order valence-electron chi connectivity index (χ2n) is 9.46. The number of nitrogens with two attached hydrogens (primary N) is 1. The van der Waals surface area contributed by atoms with Gasteiger partial charge in [-0.1, -0.05) is 0 Å². The molecular weight excluding hydrogens is 468 g/mol. The zero-order valence-electron chi connectivity index (χ0n) is 19.2. The maximum Gasteiger partial charge on any atom is 0.416 e. The van der Waals surface area contributed by atoms with Crippen molar-refractivity contribution < 1.29 is 31.9 Å². The number of carbonyl (C=O) groups is 2. The number of piperidine rings is 1. The molecule has 0 aliphatic carbocycles. The summed E-state index contributed by atoms with van der Waals surface area (Å²) in [7, 11) is 0. The molecule has 1 aromatic heterocycles. The van der Waals surface area contributed by atoms with Gasteiger partial charge in [-0.25, -0.2) is 9.37 Å². The van der Waals surface area contributed by atoms with Gasteiger partial charge in [-0.05, 0) is 69.9 Å². The van der Waals surface area contributed by atoms with Crippen LogP contribution < -0.4 is 20.7 Å². The molecule has 188 valence electrons. The third kappa shape index (κ3) is 5.18. The highest BCUT2D eigenvalue weighted by atomic mass is 19.4. The number of amides is 2. The van der Waals surface area contributed by atoms with Crippen molar-refractivity contribution in [2.45, 2.75) is 69.4 Å². The molecule has 0 unspecified atom stereocenters. The molecule has 2 aliphatic rings. The van der Waals surface area contributed by atoms with Crippen LogP contribution in [-0.2, 0) is 11.0 Å². The van der Waals surface area contributed by atoms with Gasteiger partial charge in [0, 0.05) is 24.3 Å². The van der Waals surface area contributed by atoms with Gasteiger partial charge in [0.05, 0.1) is 11.1 Å². The Labute approximate surface area is 199 Å². The average molecular weight is 494 g/mol. The highest BCUT2D eigenvalue weighted by Crippen LogP contribution is 2.39. The van der Waals surface area contributed by atoms with Gasteiger partial charge in [0.1, 0.15) is 5.82 Å². The van der Waals surface area contributed by atoms with Crippen LogP contribution in [0.15, 0.2) is 36.5 Å². The summed E-state index contributed by atoms with van der Waals surface area (Å²) < 4.78 is 58.6. The van der Waals surface area contributed by atoms with Crippen LogP contribution in [0.4, 0.5) is 23.4 Å². The van der Waals surface area contributed by atoms with Crippen molar-refractivity contribution in [2.75, 3.05) is 4.90 Å². The molecule has 35 heavy (non-hydrogen) atoms. The SMILES string of the molecule is CC(C)(Oc1cc(C(F)(F)F)ccc1F)C(=O)N[C@H]1C[C@H]2CC[C@@H](C1)N2c1ccc(C(N)=O)cn1. The molecule has 2 aliphatic heterocycles. The predicted octanol–water partition coefficient (Wildman–Crippen LogP) is 3.81. The average Bonchev–Trinajstić information content (AvgIpc) is 3.04. The van der Waals surface area contributed by atoms with Gasteiger partial charge in [0.2, 0.25) is 5.91 Å². The van der Waals surface area contributed by atoms with Gasteiger partial charge in [-0.15, -0.1) is 0 Å². The van der Waals surface area contributed by atoms with Crippen molar-refractivity contribution in [3.8, 4) is 5.75 Å². The van der Waals surface area contributed by atoms with E-state index in [1.54, 1.807) is 12.1 Å². The van der Waals surface area contributed by atoms with Crippen LogP contribution in [0.1, 0.15) is 55.5 Å². The first-order valence-corrected chi connectivity index (χ1v) is 11.3. The Morgan fingerprint density at radius 1 is 1.11 bits per heavy atom. The van der Waals surface area contributed by atoms with Crippen LogP contribution in [0.25, 0.3) is 0 Å². The van der Waals surface area contributed by atoms with Gasteiger partial charge in [0.15, 0.2) is 17.2 Å². The van der Waals surface area contributed by atoms with Gasteiger partial charge >= 0.3 is 6.18 Å². The number of rotatable bonds is 6. The molecule has 0 saturated carbocycles. The Morgan fingerprint density at radius 3 is 2.31 bits per heavy atom. The molecule has 3 atom stereocenters. The minimum absolute atomic E-state index is 0.121. The summed E-state index contributed by atoms with van der Waals surface area (Å²) in [5.74, 6) is -1.99. The standard InChI is InChI=1S/C24H26F4N4O3/c1-23(2,35-19-9-14(24(26,27)28)4-7-18(19)25)22(34)31-15-10-16-5-6-17(11-15)32(16)20-8-3-13(12-30-20)21(29)33/h3-4,7-9,12,15-17H,5-6,10-11H2,1-2H3,(H2,29,33)(H,31,34)/t15-,16+,17-. The highest BCUT2D eigenvalue weighted by molar-refractivity contribution is 5.92. The molecular formula is C24H26F4N4O3. The lowest BCUT2D eigenvalue weighted by Gasteiger charge is -2.40. The molecule has 7 nitrogen and oxygen atoms in total. The van der Waals surface area contributed by atoms with E-state index in [2.05, 4.69) is 15.2 Å². The number of aromatic nitrogens is 1. The Hall–Kier alpha value is -3.37. The lowest BCUT2D eigenvalue weighted by Crippen LogP contribution is -2.55. The quantitative estimate of drug-likeness (QED) is 0.596. The molecule has 0 spiro atoms. The molecule has 2 amide bonds. The van der Waals surface area contributed by atoms with Crippen molar-refractivity contribution in [2.24, 2.45) is 5.73 Å². The first-order chi connectivity index (χ1) is 16.3. The largest absolute Gasteiger partial charge is 0.475 e. The Balaban J connectivity index is 1.41. The zero-order valence-corrected chi connectivity index (χ0v) is 19.2. The number of primary amides is 1. The Morgan fingerprint density at radius 2 is 1.77 bits per heavy atom. The van der Waals surface area contributed by atoms with Crippen molar-refractivity contribution in [1.29, 1.82) is 0 Å². The topological polar surface area (TPSA) is 97.5 Å². The van der Waals surface area contributed by atoms with Crippen LogP contribution in [0.5, 0.6) is 5.75 Å². The molecule has 3 heterocycles. The zero-order chi connectivity index (χ0) is 25.5. The molecule has 0 radical (unpaired) electrons. The van der Waals surface area contributed by atoms with E-state index in [1.165, 1.54) is 20.0 Å². The van der Waals surface area contributed by atoms with Crippen molar-refractivity contribution in [1.82, 2.24) is 10.3 Å². The molecule has 2 saturated heterocycles. The Kier molecular flexibility index (Phi) is 6.37. The number of fused-ring (bicyclic) bond motifs is 2. The second kappa shape index (κ2) is 9.01. The Bertz CT molecular complexity index is 1110. The summed E-state index contributed by atoms with van der Waals surface area (Å²) in [6.45, 7) is 2.77. The maximum atomic E-state index is 14.1. The fraction of sp³-hybridized carbons (Fsp3) is 0.458. The fourth-order valence-corrected chi connectivity index (χ4v) is 4.79. The van der Waals surface area contributed by atoms with Crippen LogP contribution in [0, 0.1) is 5.82 Å². The van der Waals surface area contributed by atoms with E-state index in [-0.39, 0.29) is 18.1 Å². The number of alkyl halides is 3. The second-order valence-corrected chi connectivity index (χ2v) is 9.46. The van der Waals surface area contributed by atoms with Gasteiger partial charge in [-0.2, -0.15) is 13.2 Å². The summed E-state index contributed by atoms with van der Waals surface area (Å²) in [6, 6.07) is 5.29. The summed E-state index contributed by atoms with van der Waals surface area (Å²) in [4.78, 5) is 30.8. The van der Waals surface area contributed by atoms with E-state index < -0.39 is 40.7 Å². The number of benzene rings is 1. The lowest BCUT2D eigenvalue weighted by molar-refractivity contribution is -0.138. The number of halogens is 4. The summed E-state index contributed by atoms with van der Waals surface area (Å²) >= 11 is 0. The van der Waals surface area contributed by atoms with E-state index in [0.29, 0.717) is 36.6 Å². The van der Waals surface area contributed by atoms with Crippen LogP contribution in [0.2, 0.25) is 0 Å². The van der Waals surface area contributed by atoms with Crippen LogP contribution in [0.3, 0.4) is 0 Å². The van der Waals surface area contributed by atoms with E-state index in [9.17, 15) is 27.2 Å². The van der Waals surface area contributed by atoms with Crippen molar-refractivity contribution >= 4 is 17.6 Å². The van der Waals surface area contributed by atoms with Crippen molar-refractivity contribution in [3.05, 3.63) is 53.5 Å². The van der Waals surface area contributed by atoms with E-state index in [0.717, 1.165) is 18.7 Å². The van der Waals surface area contributed by atoms with E-state index >= 15 is 0 Å². The number of nitrogens with zero attached hydrogens (tertiary/aromatic N) is 2. The lowest BCUT2D eigenvalue weighted by atomic mass is 9.96. The number of ether oxygens (including phenoxy) is 1. The third-order valence-corrected chi connectivity index (χ3v) is 6.54. The summed E-state index contributed by atoms with van der Waals surface area (Å²) in [6.07, 6.45) is -0.138. The van der Waals surface area contributed by atoms with Crippen LogP contribution >= 0.6 is 0 Å². The molecule has 2 aromatic rings. The van der Waals surface area contributed by atoms with Gasteiger partial charge in [0.25, 0.3) is 5.91 Å². The number of carbonyl (C=O) groups excluding carboxylic acids is 2. The predicted molar refractivity (Wildman–Crippen MR) is 119 cm³/mol. The molecule has 1 aromatic carbocycles. The third-order valence-electron chi connectivity index (χ3n) is 6.54. The number of pyridine rings is 1. The molecule has 2 bridgehead atoms. The minimum Gasteiger partial charge on any atom is -0.475 e. The van der Waals surface area contributed by atoms with Gasteiger partial charge < -0.3 is 20.7 Å². The van der Waals surface area contributed by atoms with E-state index in [1.807, 2.05) is 0 Å². The molecule has 4 rings (SSSR count). The molecule has 11 heteroatoms. The smallest absolute Gasteiger partial charge is 0.416 e. The maximum absolute atomic E-state index is 14.1. The summed E-state index contributed by atoms with van der Waals surface area (Å²) in [5.41, 5.74) is 2.93. The minimum atomic E-state index is -4.67. The van der Waals surface area contributed by atoms with Gasteiger partial charge in [-0.3, -0.25) is 9.59 Å². The molecule has 2 fully saturated rings. The number of nitrogens with one attached hydrogen (secondary N) is 1. The van der Waals surface area contributed by atoms with E-state index in [4.69, 9.17) is 10.5 Å². The number of hydrogen-bond acceptors (Lipinski definition) is 5. The first kappa shape index (κ1) is 24.7. The fourth-order valence-electron chi connectivity index (χ4n) is 4.79. The monoisotopic (exact) mass is 494 g/mol. The summed E-state index contributed by atoms with van der Waals surface area (Å²) in [5, 5.41) is 2.92. The van der Waals surface area contributed by atoms with Crippen LogP contribution in [-0.4, -0.2) is 40.5 Å². The van der Waals surface area contributed by atoms with Crippen molar-refractivity contribution in [3.63, 3.8) is 0 Å². The molecule has 3 N–H and O–H groups in total. The first-order valence-electron chi connectivity index (χ1n) is 11.3. The number of anilines is 1. The highest BCUT2D eigenvalue weighted by Gasteiger charge is 2.43. The number of hydrogen-bond donors (Lipinski definition) is 2. The normalized spacial score (nSPS) is 22.1.